The Hall–Kier alpha value is -3.32. The topological polar surface area (TPSA) is 83.7 Å². The predicted octanol–water partition coefficient (Wildman–Crippen LogP) is 2.65. The van der Waals surface area contributed by atoms with Crippen LogP contribution in [0.2, 0.25) is 0 Å². The molecule has 2 aromatic carbocycles. The largest absolute Gasteiger partial charge is 0.497 e. The highest BCUT2D eigenvalue weighted by molar-refractivity contribution is 6.22. The standard InChI is InChI=1S/C22H23N3O4/c1-28-16-9-15(10-17(11-16)29-2)25-21(26)12-20(22(25)27)23-8-7-14-13-24-19-6-4-3-5-18(14)19/h3-6,9-11,13,20,23-24H,7-8,12H2,1-2H3. The lowest BCUT2D eigenvalue weighted by Crippen LogP contribution is -2.39. The molecule has 2 heterocycles. The predicted molar refractivity (Wildman–Crippen MR) is 110 cm³/mol. The lowest BCUT2D eigenvalue weighted by Gasteiger charge is -2.17. The number of carbonyl (C=O) groups is 2. The number of hydrogen-bond acceptors (Lipinski definition) is 5. The molecule has 7 heteroatoms. The summed E-state index contributed by atoms with van der Waals surface area (Å²) in [6, 6.07) is 12.6. The molecule has 0 aliphatic carbocycles. The van der Waals surface area contributed by atoms with Crippen molar-refractivity contribution in [2.75, 3.05) is 25.7 Å². The molecule has 1 unspecified atom stereocenters. The summed E-state index contributed by atoms with van der Waals surface area (Å²) in [7, 11) is 3.06. The second-order valence-electron chi connectivity index (χ2n) is 6.96. The summed E-state index contributed by atoms with van der Waals surface area (Å²) in [6.07, 6.45) is 2.88. The number of carbonyl (C=O) groups excluding carboxylic acids is 2. The number of fused-ring (bicyclic) bond motifs is 1. The highest BCUT2D eigenvalue weighted by Crippen LogP contribution is 2.31. The van der Waals surface area contributed by atoms with E-state index in [1.54, 1.807) is 18.2 Å². The Kier molecular flexibility index (Phi) is 5.22. The Balaban J connectivity index is 1.44. The third-order valence-corrected chi connectivity index (χ3v) is 5.20. The number of aromatic amines is 1. The van der Waals surface area contributed by atoms with Crippen LogP contribution in [0, 0.1) is 0 Å². The number of nitrogens with zero attached hydrogens (tertiary/aromatic N) is 1. The molecular formula is C22H23N3O4. The first-order valence-corrected chi connectivity index (χ1v) is 9.49. The number of benzene rings is 2. The van der Waals surface area contributed by atoms with E-state index in [2.05, 4.69) is 16.4 Å². The Bertz CT molecular complexity index is 1040. The molecule has 0 spiro atoms. The van der Waals surface area contributed by atoms with Crippen LogP contribution in [0.5, 0.6) is 11.5 Å². The van der Waals surface area contributed by atoms with Crippen molar-refractivity contribution in [3.63, 3.8) is 0 Å². The van der Waals surface area contributed by atoms with Crippen molar-refractivity contribution in [3.8, 4) is 11.5 Å². The molecule has 150 valence electrons. The maximum Gasteiger partial charge on any atom is 0.251 e. The third kappa shape index (κ3) is 3.69. The number of hydrogen-bond donors (Lipinski definition) is 2. The average Bonchev–Trinajstić information content (AvgIpc) is 3.28. The Labute approximate surface area is 168 Å². The van der Waals surface area contributed by atoms with Crippen molar-refractivity contribution in [2.45, 2.75) is 18.9 Å². The number of nitrogens with one attached hydrogen (secondary N) is 2. The van der Waals surface area contributed by atoms with E-state index in [0.29, 0.717) is 23.7 Å². The molecule has 1 fully saturated rings. The number of aromatic nitrogens is 1. The molecule has 1 aromatic heterocycles. The number of amides is 2. The van der Waals surface area contributed by atoms with Crippen LogP contribution in [0.15, 0.2) is 48.7 Å². The molecule has 3 aromatic rings. The first-order chi connectivity index (χ1) is 14.1. The molecular weight excluding hydrogens is 370 g/mol. The lowest BCUT2D eigenvalue weighted by atomic mass is 10.1. The second kappa shape index (κ2) is 7.97. The van der Waals surface area contributed by atoms with Gasteiger partial charge in [-0.05, 0) is 18.1 Å². The quantitative estimate of drug-likeness (QED) is 0.603. The van der Waals surface area contributed by atoms with Crippen molar-refractivity contribution in [1.29, 1.82) is 0 Å². The van der Waals surface area contributed by atoms with E-state index in [0.717, 1.165) is 11.9 Å². The molecule has 4 rings (SSSR count). The van der Waals surface area contributed by atoms with Gasteiger partial charge < -0.3 is 19.8 Å². The highest BCUT2D eigenvalue weighted by atomic mass is 16.5. The molecule has 0 bridgehead atoms. The minimum Gasteiger partial charge on any atom is -0.497 e. The molecule has 2 N–H and O–H groups in total. The number of methoxy groups -OCH3 is 2. The molecule has 1 saturated heterocycles. The van der Waals surface area contributed by atoms with Crippen molar-refractivity contribution in [2.24, 2.45) is 0 Å². The molecule has 0 saturated carbocycles. The van der Waals surface area contributed by atoms with E-state index in [-0.39, 0.29) is 18.2 Å². The van der Waals surface area contributed by atoms with E-state index in [9.17, 15) is 9.59 Å². The van der Waals surface area contributed by atoms with Gasteiger partial charge in [0, 0.05) is 41.8 Å². The summed E-state index contributed by atoms with van der Waals surface area (Å²) in [4.78, 5) is 29.9. The molecule has 7 nitrogen and oxygen atoms in total. The van der Waals surface area contributed by atoms with Gasteiger partial charge >= 0.3 is 0 Å². The Morgan fingerprint density at radius 1 is 1.10 bits per heavy atom. The smallest absolute Gasteiger partial charge is 0.251 e. The van der Waals surface area contributed by atoms with Gasteiger partial charge in [0.25, 0.3) is 5.91 Å². The monoisotopic (exact) mass is 393 g/mol. The van der Waals surface area contributed by atoms with Crippen molar-refractivity contribution in [3.05, 3.63) is 54.2 Å². The highest BCUT2D eigenvalue weighted by Gasteiger charge is 2.39. The summed E-state index contributed by atoms with van der Waals surface area (Å²) in [5.74, 6) is 0.547. The number of imide groups is 1. The van der Waals surface area contributed by atoms with Gasteiger partial charge in [-0.15, -0.1) is 0 Å². The van der Waals surface area contributed by atoms with Gasteiger partial charge in [0.05, 0.1) is 32.4 Å². The van der Waals surface area contributed by atoms with E-state index in [1.807, 2.05) is 24.4 Å². The second-order valence-corrected chi connectivity index (χ2v) is 6.96. The summed E-state index contributed by atoms with van der Waals surface area (Å²) < 4.78 is 10.5. The molecule has 1 atom stereocenters. The molecule has 2 amide bonds. The molecule has 0 radical (unpaired) electrons. The fourth-order valence-corrected chi connectivity index (χ4v) is 3.70. The molecule has 1 aliphatic rings. The third-order valence-electron chi connectivity index (χ3n) is 5.20. The first kappa shape index (κ1) is 19.0. The zero-order valence-electron chi connectivity index (χ0n) is 16.4. The number of H-pyrrole nitrogens is 1. The zero-order chi connectivity index (χ0) is 20.4. The van der Waals surface area contributed by atoms with Gasteiger partial charge in [-0.25, -0.2) is 4.90 Å². The van der Waals surface area contributed by atoms with Crippen LogP contribution in [0.3, 0.4) is 0 Å². The van der Waals surface area contributed by atoms with E-state index >= 15 is 0 Å². The summed E-state index contributed by atoms with van der Waals surface area (Å²) >= 11 is 0. The molecule has 1 aliphatic heterocycles. The Morgan fingerprint density at radius 2 is 1.83 bits per heavy atom. The van der Waals surface area contributed by atoms with E-state index in [4.69, 9.17) is 9.47 Å². The van der Waals surface area contributed by atoms with Gasteiger partial charge in [-0.3, -0.25) is 9.59 Å². The van der Waals surface area contributed by atoms with Gasteiger partial charge in [-0.1, -0.05) is 18.2 Å². The first-order valence-electron chi connectivity index (χ1n) is 9.49. The van der Waals surface area contributed by atoms with Crippen LogP contribution in [-0.2, 0) is 16.0 Å². The SMILES string of the molecule is COc1cc(OC)cc(N2C(=O)CC(NCCc3c[nH]c4ccccc34)C2=O)c1. The number of rotatable bonds is 7. The number of para-hydroxylation sites is 1. The number of ether oxygens (including phenoxy) is 2. The average molecular weight is 393 g/mol. The summed E-state index contributed by atoms with van der Waals surface area (Å²) in [5, 5.41) is 4.41. The summed E-state index contributed by atoms with van der Waals surface area (Å²) in [6.45, 7) is 0.598. The van der Waals surface area contributed by atoms with Crippen molar-refractivity contribution >= 4 is 28.4 Å². The van der Waals surface area contributed by atoms with E-state index in [1.165, 1.54) is 30.1 Å². The van der Waals surface area contributed by atoms with Gasteiger partial charge in [0.15, 0.2) is 0 Å². The molecule has 29 heavy (non-hydrogen) atoms. The van der Waals surface area contributed by atoms with E-state index < -0.39 is 6.04 Å². The van der Waals surface area contributed by atoms with Crippen molar-refractivity contribution < 1.29 is 19.1 Å². The van der Waals surface area contributed by atoms with Crippen LogP contribution in [0.25, 0.3) is 10.9 Å². The fraction of sp³-hybridized carbons (Fsp3) is 0.273. The maximum atomic E-state index is 12.9. The van der Waals surface area contributed by atoms with Gasteiger partial charge in [-0.2, -0.15) is 0 Å². The van der Waals surface area contributed by atoms with Crippen LogP contribution in [-0.4, -0.2) is 43.6 Å². The van der Waals surface area contributed by atoms with Crippen LogP contribution in [0.1, 0.15) is 12.0 Å². The normalized spacial score (nSPS) is 16.6. The zero-order valence-corrected chi connectivity index (χ0v) is 16.4. The minimum atomic E-state index is -0.537. The Morgan fingerprint density at radius 3 is 2.55 bits per heavy atom. The number of anilines is 1. The minimum absolute atomic E-state index is 0.131. The lowest BCUT2D eigenvalue weighted by molar-refractivity contribution is -0.121. The maximum absolute atomic E-state index is 12.9. The van der Waals surface area contributed by atoms with Gasteiger partial charge in [0.1, 0.15) is 11.5 Å². The van der Waals surface area contributed by atoms with Gasteiger partial charge in [0.2, 0.25) is 5.91 Å². The van der Waals surface area contributed by atoms with Crippen LogP contribution in [0.4, 0.5) is 5.69 Å². The fourth-order valence-electron chi connectivity index (χ4n) is 3.70. The van der Waals surface area contributed by atoms with Crippen molar-refractivity contribution in [1.82, 2.24) is 10.3 Å². The summed E-state index contributed by atoms with van der Waals surface area (Å²) in [5.41, 5.74) is 2.73. The van der Waals surface area contributed by atoms with Crippen LogP contribution < -0.4 is 19.7 Å². The van der Waals surface area contributed by atoms with Crippen LogP contribution >= 0.6 is 0 Å².